The number of aromatic amines is 3. The van der Waals surface area contributed by atoms with Gasteiger partial charge >= 0.3 is 5.97 Å². The third-order valence-corrected chi connectivity index (χ3v) is 10.6. The van der Waals surface area contributed by atoms with E-state index in [9.17, 15) is 19.2 Å². The van der Waals surface area contributed by atoms with Crippen LogP contribution in [0.1, 0.15) is 83.6 Å². The molecule has 2 aliphatic heterocycles. The summed E-state index contributed by atoms with van der Waals surface area (Å²) in [6.07, 6.45) is 13.9. The van der Waals surface area contributed by atoms with E-state index in [1.807, 2.05) is 29.2 Å². The van der Waals surface area contributed by atoms with Gasteiger partial charge in [0.25, 0.3) is 6.47 Å². The van der Waals surface area contributed by atoms with Gasteiger partial charge in [0.1, 0.15) is 5.69 Å². The summed E-state index contributed by atoms with van der Waals surface area (Å²) >= 11 is 1.61. The molecule has 8 rings (SSSR count). The smallest absolute Gasteiger partial charge is 0.355 e. The zero-order valence-electron chi connectivity index (χ0n) is 39.2. The molecule has 4 aromatic heterocycles. The fourth-order valence-electron chi connectivity index (χ4n) is 6.63. The molecule has 3 amide bonds. The van der Waals surface area contributed by atoms with E-state index in [1.54, 1.807) is 41.3 Å². The lowest BCUT2D eigenvalue weighted by molar-refractivity contribution is -0.131. The molecule has 2 aromatic carbocycles. The molecule has 2 saturated heterocycles. The number of likely N-dealkylation sites (tertiary alicyclic amines) is 2. The molecule has 66 heavy (non-hydrogen) atoms. The molecule has 2 aliphatic rings. The topological polar surface area (TPSA) is 234 Å². The standard InChI is InChI=1S/C26H19N5O2S.C8H14N2O2.C6H13N3O.2C3H8.C2H4O2/c1-33-26(32)24-22(18-8-6-17(7-9-18)21-11-28-14-30-21)25-23(31-24)19(12-34-25)15-2-4-16(5-3-15)20-10-27-13-29-20;1-7(11)9-6-8(12)10-4-2-3-5-10;7-8-5-6(10)9-3-1-2-4-9;2*1-3-2;1-4-2-3/h2-14,31H,1H3,(H,27,29)(H,28,30);2-6H2,1H3,(H,9,11);8H,1-5,7H2;2*3H2,1-2H3;2H,1H3. The van der Waals surface area contributed by atoms with Crippen LogP contribution in [0, 0.1) is 0 Å². The number of aromatic nitrogens is 5. The highest BCUT2D eigenvalue weighted by atomic mass is 32.1. The highest BCUT2D eigenvalue weighted by Crippen LogP contribution is 2.42. The van der Waals surface area contributed by atoms with Gasteiger partial charge in [-0.15, -0.1) is 11.3 Å². The Morgan fingerprint density at radius 2 is 1.18 bits per heavy atom. The molecule has 0 atom stereocenters. The number of thiophene rings is 1. The first kappa shape index (κ1) is 53.7. The zero-order chi connectivity index (χ0) is 48.3. The van der Waals surface area contributed by atoms with Gasteiger partial charge in [-0.2, -0.15) is 0 Å². The minimum absolute atomic E-state index is 0.0303. The summed E-state index contributed by atoms with van der Waals surface area (Å²) in [4.78, 5) is 75.8. The number of rotatable bonds is 10. The maximum Gasteiger partial charge on any atom is 0.355 e. The molecule has 17 nitrogen and oxygen atoms in total. The molecule has 2 fully saturated rings. The van der Waals surface area contributed by atoms with Gasteiger partial charge in [-0.1, -0.05) is 89.1 Å². The minimum Gasteiger partial charge on any atom is -0.471 e. The van der Waals surface area contributed by atoms with E-state index in [4.69, 9.17) is 15.4 Å². The number of nitrogens with zero attached hydrogens (tertiary/aromatic N) is 4. The lowest BCUT2D eigenvalue weighted by atomic mass is 10.0. The molecule has 18 heteroatoms. The molecule has 7 N–H and O–H groups in total. The van der Waals surface area contributed by atoms with Crippen molar-refractivity contribution in [2.75, 3.05) is 53.5 Å². The Hall–Kier alpha value is -6.63. The summed E-state index contributed by atoms with van der Waals surface area (Å²) < 4.78 is 9.97. The number of carbonyl (C=O) groups excluding carboxylic acids is 5. The number of carbonyl (C=O) groups is 5. The Balaban J connectivity index is 0.000000294. The van der Waals surface area contributed by atoms with Gasteiger partial charge in [0.15, 0.2) is 0 Å². The Bertz CT molecular complexity index is 2310. The van der Waals surface area contributed by atoms with Crippen molar-refractivity contribution in [1.82, 2.24) is 45.5 Å². The van der Waals surface area contributed by atoms with Gasteiger partial charge in [-0.05, 0) is 47.9 Å². The maximum absolute atomic E-state index is 12.7. The molecular formula is C48H66N10O7S. The first-order valence-electron chi connectivity index (χ1n) is 22.1. The van der Waals surface area contributed by atoms with Crippen LogP contribution in [0.25, 0.3) is 55.0 Å². The minimum atomic E-state index is -0.392. The first-order chi connectivity index (χ1) is 32.0. The average molecular weight is 927 g/mol. The third kappa shape index (κ3) is 16.4. The van der Waals surface area contributed by atoms with Crippen LogP contribution in [0.2, 0.25) is 0 Å². The molecule has 0 aliphatic carbocycles. The van der Waals surface area contributed by atoms with Crippen LogP contribution in [0.4, 0.5) is 0 Å². The number of amides is 3. The van der Waals surface area contributed by atoms with Gasteiger partial charge in [0.05, 0.1) is 74.0 Å². The van der Waals surface area contributed by atoms with E-state index in [-0.39, 0.29) is 30.8 Å². The van der Waals surface area contributed by atoms with Crippen molar-refractivity contribution >= 4 is 51.7 Å². The average Bonchev–Trinajstić information content (AvgIpc) is 4.19. The van der Waals surface area contributed by atoms with Crippen LogP contribution in [-0.4, -0.2) is 118 Å². The summed E-state index contributed by atoms with van der Waals surface area (Å²) in [6, 6.07) is 16.4. The number of esters is 1. The van der Waals surface area contributed by atoms with E-state index >= 15 is 0 Å². The number of imidazole rings is 2. The van der Waals surface area contributed by atoms with E-state index < -0.39 is 5.97 Å². The van der Waals surface area contributed by atoms with Crippen LogP contribution in [0.3, 0.4) is 0 Å². The van der Waals surface area contributed by atoms with Crippen molar-refractivity contribution in [2.24, 2.45) is 5.84 Å². The molecule has 0 unspecified atom stereocenters. The van der Waals surface area contributed by atoms with Crippen molar-refractivity contribution in [1.29, 1.82) is 0 Å². The lowest BCUT2D eigenvalue weighted by Gasteiger charge is -2.14. The molecule has 0 spiro atoms. The zero-order valence-corrected chi connectivity index (χ0v) is 40.0. The molecule has 0 saturated carbocycles. The lowest BCUT2D eigenvalue weighted by Crippen LogP contribution is -2.38. The third-order valence-electron chi connectivity index (χ3n) is 9.65. The summed E-state index contributed by atoms with van der Waals surface area (Å²) in [5, 5.41) is 4.61. The highest BCUT2D eigenvalue weighted by molar-refractivity contribution is 7.18. The van der Waals surface area contributed by atoms with Gasteiger partial charge in [-0.3, -0.25) is 30.4 Å². The van der Waals surface area contributed by atoms with E-state index in [2.05, 4.69) is 97.7 Å². The second-order valence-electron chi connectivity index (χ2n) is 15.0. The number of methoxy groups -OCH3 is 2. The van der Waals surface area contributed by atoms with E-state index in [0.717, 1.165) is 107 Å². The van der Waals surface area contributed by atoms with Crippen molar-refractivity contribution in [2.45, 2.75) is 73.1 Å². The molecule has 0 radical (unpaired) electrons. The molecule has 6 heterocycles. The molecular weight excluding hydrogens is 861 g/mol. The predicted molar refractivity (Wildman–Crippen MR) is 261 cm³/mol. The Labute approximate surface area is 391 Å². The van der Waals surface area contributed by atoms with Crippen LogP contribution in [0.5, 0.6) is 0 Å². The number of hydrogen-bond acceptors (Lipinski definition) is 12. The second-order valence-corrected chi connectivity index (χ2v) is 15.9. The van der Waals surface area contributed by atoms with Crippen molar-refractivity contribution < 1.29 is 33.4 Å². The van der Waals surface area contributed by atoms with Crippen LogP contribution in [0.15, 0.2) is 79.0 Å². The first-order valence-corrected chi connectivity index (χ1v) is 23.0. The fourth-order valence-corrected chi connectivity index (χ4v) is 7.73. The molecule has 6 aromatic rings. The Morgan fingerprint density at radius 3 is 1.58 bits per heavy atom. The predicted octanol–water partition coefficient (Wildman–Crippen LogP) is 7.57. The van der Waals surface area contributed by atoms with Gasteiger partial charge in [0.2, 0.25) is 17.7 Å². The summed E-state index contributed by atoms with van der Waals surface area (Å²) in [5.41, 5.74) is 11.6. The van der Waals surface area contributed by atoms with E-state index in [1.165, 1.54) is 34.0 Å². The molecule has 0 bridgehead atoms. The maximum atomic E-state index is 12.7. The Kier molecular flexibility index (Phi) is 24.2. The van der Waals surface area contributed by atoms with Gasteiger partial charge < -0.3 is 39.5 Å². The van der Waals surface area contributed by atoms with Crippen molar-refractivity contribution in [3.63, 3.8) is 0 Å². The Morgan fingerprint density at radius 1 is 0.742 bits per heavy atom. The number of nitrogens with two attached hydrogens (primary N) is 1. The number of benzene rings is 2. The number of fused-ring (bicyclic) bond motifs is 1. The fraction of sp³-hybridized carbons (Fsp3) is 0.396. The van der Waals surface area contributed by atoms with Crippen LogP contribution >= 0.6 is 11.3 Å². The van der Waals surface area contributed by atoms with Gasteiger partial charge in [-0.25, -0.2) is 14.8 Å². The van der Waals surface area contributed by atoms with E-state index in [0.29, 0.717) is 12.2 Å². The van der Waals surface area contributed by atoms with Crippen LogP contribution < -0.4 is 16.6 Å². The van der Waals surface area contributed by atoms with Crippen molar-refractivity contribution in [3.8, 4) is 44.8 Å². The summed E-state index contributed by atoms with van der Waals surface area (Å²) in [5.74, 6) is 4.60. The number of H-pyrrole nitrogens is 3. The number of hydrazine groups is 1. The summed E-state index contributed by atoms with van der Waals surface area (Å²) in [7, 11) is 2.71. The SMILES string of the molecule is CC(=O)NCC(=O)N1CCCC1.CCC.CCC.COC(=O)c1[nH]c2c(-c3ccc(-c4cnc[nH]4)cc3)csc2c1-c1ccc(-c2cnc[nH]2)cc1.COC=O.NNCC(=O)N1CCCC1. The number of hydrogen-bond donors (Lipinski definition) is 6. The highest BCUT2D eigenvalue weighted by Gasteiger charge is 2.24. The normalized spacial score (nSPS) is 12.3. The number of nitrogens with one attached hydrogen (secondary N) is 5. The molecule has 356 valence electrons. The van der Waals surface area contributed by atoms with Crippen molar-refractivity contribution in [3.05, 3.63) is 84.7 Å². The summed E-state index contributed by atoms with van der Waals surface area (Å²) in [6.45, 7) is 14.2. The van der Waals surface area contributed by atoms with Gasteiger partial charge in [0, 0.05) is 49.6 Å². The number of ether oxygens (including phenoxy) is 2. The van der Waals surface area contributed by atoms with Crippen LogP contribution in [-0.2, 0) is 28.7 Å². The monoisotopic (exact) mass is 926 g/mol. The quantitative estimate of drug-likeness (QED) is 0.0339. The largest absolute Gasteiger partial charge is 0.471 e. The second kappa shape index (κ2) is 29.7.